The van der Waals surface area contributed by atoms with Gasteiger partial charge in [-0.05, 0) is 99.2 Å². The zero-order valence-corrected chi connectivity index (χ0v) is 23.8. The third-order valence-electron chi connectivity index (χ3n) is 8.76. The summed E-state index contributed by atoms with van der Waals surface area (Å²) in [5.41, 5.74) is 5.87. The molecule has 5 rings (SSSR count). The lowest BCUT2D eigenvalue weighted by Gasteiger charge is -2.43. The maximum atomic E-state index is 13.8. The van der Waals surface area contributed by atoms with Gasteiger partial charge in [0, 0.05) is 12.1 Å². The van der Waals surface area contributed by atoms with Crippen molar-refractivity contribution < 1.29 is 29.3 Å². The lowest BCUT2D eigenvalue weighted by atomic mass is 9.58. The predicted molar refractivity (Wildman–Crippen MR) is 156 cm³/mol. The van der Waals surface area contributed by atoms with Crippen LogP contribution in [0.15, 0.2) is 53.1 Å². The summed E-state index contributed by atoms with van der Waals surface area (Å²) in [7, 11) is -1.06. The van der Waals surface area contributed by atoms with Gasteiger partial charge in [-0.25, -0.2) is 4.90 Å². The van der Waals surface area contributed by atoms with Gasteiger partial charge < -0.3 is 14.8 Å². The quantitative estimate of drug-likeness (QED) is 0.151. The number of fused-ring (bicyclic) bond motifs is 3. The van der Waals surface area contributed by atoms with Crippen molar-refractivity contribution in [2.24, 2.45) is 17.8 Å². The Balaban J connectivity index is 1.41. The molecule has 0 saturated carbocycles. The van der Waals surface area contributed by atoms with E-state index in [1.165, 1.54) is 18.2 Å². The zero-order chi connectivity index (χ0) is 29.6. The number of carbonyl (C=O) groups is 2. The first-order valence-corrected chi connectivity index (χ1v) is 14.1. The number of nitrogens with zero attached hydrogens (tertiary/aromatic N) is 2. The second-order valence-corrected chi connectivity index (χ2v) is 11.5. The van der Waals surface area contributed by atoms with E-state index in [1.54, 1.807) is 6.07 Å². The van der Waals surface area contributed by atoms with Gasteiger partial charge in [0.15, 0.2) is 0 Å². The summed E-state index contributed by atoms with van der Waals surface area (Å²) in [5, 5.41) is 32.2. The van der Waals surface area contributed by atoms with Gasteiger partial charge in [-0.1, -0.05) is 30.2 Å². The van der Waals surface area contributed by atoms with Crippen molar-refractivity contribution in [3.63, 3.8) is 0 Å². The number of non-ortho nitro benzene ring substituents is 1. The highest BCUT2D eigenvalue weighted by molar-refractivity contribution is 6.43. The fourth-order valence-corrected chi connectivity index (χ4v) is 6.89. The minimum absolute atomic E-state index is 0.186. The molecule has 2 fully saturated rings. The Kier molecular flexibility index (Phi) is 7.90. The first-order chi connectivity index (χ1) is 19.5. The van der Waals surface area contributed by atoms with E-state index in [9.17, 15) is 29.8 Å². The number of phenols is 1. The van der Waals surface area contributed by atoms with Gasteiger partial charge in [0.25, 0.3) is 5.69 Å². The lowest BCUT2D eigenvalue weighted by Crippen LogP contribution is -2.46. The van der Waals surface area contributed by atoms with Crippen LogP contribution in [0, 0.1) is 41.7 Å². The molecule has 214 valence electrons. The average molecular weight is 558 g/mol. The van der Waals surface area contributed by atoms with Crippen molar-refractivity contribution in [3.05, 3.63) is 79.9 Å². The minimum Gasteiger partial charge on any atom is -0.507 e. The summed E-state index contributed by atoms with van der Waals surface area (Å²) in [5.74, 6) is -1.98. The third kappa shape index (κ3) is 5.34. The van der Waals surface area contributed by atoms with Crippen molar-refractivity contribution in [1.82, 2.24) is 0 Å². The molecule has 0 radical (unpaired) electrons. The largest absolute Gasteiger partial charge is 0.507 e. The van der Waals surface area contributed by atoms with Crippen molar-refractivity contribution in [2.45, 2.75) is 65.8 Å². The number of allylic oxidation sites excluding steroid dienone is 2. The number of aryl methyl sites for hydroxylation is 2. The van der Waals surface area contributed by atoms with Crippen LogP contribution in [0.1, 0.15) is 56.2 Å². The van der Waals surface area contributed by atoms with Crippen molar-refractivity contribution >= 4 is 36.4 Å². The molecule has 2 heterocycles. The number of nitro groups is 1. The maximum absolute atomic E-state index is 13.8. The molecule has 4 atom stereocenters. The number of benzene rings is 2. The third-order valence-corrected chi connectivity index (χ3v) is 8.76. The first-order valence-electron chi connectivity index (χ1n) is 14.1. The summed E-state index contributed by atoms with van der Waals surface area (Å²) in [6.45, 7) is 7.81. The SMILES string of the molecule is CCC1=C2[C@@H](CC/C(C)=C/c3cc(C)c(O)c(C)c3)OB(O)C[C@@H]2[C@@H]2C(=O)N(c3cccc([N+](=O)[O-])c3)C(=O)[C@@H]2C1. The van der Waals surface area contributed by atoms with Crippen LogP contribution in [0.2, 0.25) is 6.32 Å². The smallest absolute Gasteiger partial charge is 0.455 e. The van der Waals surface area contributed by atoms with Crippen molar-refractivity contribution in [2.75, 3.05) is 4.90 Å². The summed E-state index contributed by atoms with van der Waals surface area (Å²) in [6.07, 6.45) is 4.35. The lowest BCUT2D eigenvalue weighted by molar-refractivity contribution is -0.384. The molecule has 9 nitrogen and oxygen atoms in total. The van der Waals surface area contributed by atoms with E-state index >= 15 is 0 Å². The first kappa shape index (κ1) is 28.8. The Hall–Kier alpha value is -3.76. The number of aromatic hydroxyl groups is 1. The van der Waals surface area contributed by atoms with E-state index in [2.05, 4.69) is 6.08 Å². The number of imide groups is 1. The van der Waals surface area contributed by atoms with Crippen molar-refractivity contribution in [1.29, 1.82) is 0 Å². The van der Waals surface area contributed by atoms with E-state index in [0.29, 0.717) is 31.4 Å². The zero-order valence-electron chi connectivity index (χ0n) is 23.8. The van der Waals surface area contributed by atoms with Gasteiger partial charge in [-0.15, -0.1) is 0 Å². The molecule has 0 spiro atoms. The molecule has 0 aromatic heterocycles. The van der Waals surface area contributed by atoms with E-state index in [4.69, 9.17) is 4.65 Å². The van der Waals surface area contributed by atoms with Crippen molar-refractivity contribution in [3.8, 4) is 5.75 Å². The monoisotopic (exact) mass is 558 g/mol. The molecule has 2 saturated heterocycles. The molecule has 1 aliphatic carbocycles. The fourth-order valence-electron chi connectivity index (χ4n) is 6.89. The van der Waals surface area contributed by atoms with Gasteiger partial charge in [0.2, 0.25) is 11.8 Å². The van der Waals surface area contributed by atoms with Crippen LogP contribution in [-0.2, 0) is 14.2 Å². The van der Waals surface area contributed by atoms with Crippen LogP contribution in [0.25, 0.3) is 6.08 Å². The minimum atomic E-state index is -1.06. The van der Waals surface area contributed by atoms with E-state index < -0.39 is 23.9 Å². The summed E-state index contributed by atoms with van der Waals surface area (Å²) < 4.78 is 6.06. The van der Waals surface area contributed by atoms with Gasteiger partial charge in [-0.2, -0.15) is 0 Å². The van der Waals surface area contributed by atoms with Crippen LogP contribution in [0.3, 0.4) is 0 Å². The second kappa shape index (κ2) is 11.3. The van der Waals surface area contributed by atoms with Crippen LogP contribution >= 0.6 is 0 Å². The fraction of sp³-hybridized carbons (Fsp3) is 0.419. The average Bonchev–Trinajstić information content (AvgIpc) is 3.18. The van der Waals surface area contributed by atoms with E-state index in [0.717, 1.165) is 38.3 Å². The standard InChI is InChI=1S/C31H35BN2O7/c1-5-21-14-24-28(31(37)33(30(24)36)22-7-6-8-23(15-22)34(39)40)25-16-32(38)41-26(27(21)25)10-9-17(2)11-20-12-18(3)29(35)19(4)13-20/h6-8,11-13,15,24-26,28,35,38H,5,9-10,14,16H2,1-4H3/b17-11+/t24-,25+,26-,28-/m1/s1. The number of carbonyl (C=O) groups excluding carboxylic acids is 2. The van der Waals surface area contributed by atoms with Gasteiger partial charge in [0.05, 0.1) is 28.6 Å². The molecule has 10 heteroatoms. The Morgan fingerprint density at radius 1 is 1.17 bits per heavy atom. The van der Waals surface area contributed by atoms with Crippen LogP contribution in [0.4, 0.5) is 11.4 Å². The number of amides is 2. The van der Waals surface area contributed by atoms with Gasteiger partial charge >= 0.3 is 7.12 Å². The Morgan fingerprint density at radius 3 is 2.54 bits per heavy atom. The maximum Gasteiger partial charge on any atom is 0.455 e. The number of hydrogen-bond acceptors (Lipinski definition) is 7. The summed E-state index contributed by atoms with van der Waals surface area (Å²) >= 11 is 0. The molecule has 2 N–H and O–H groups in total. The van der Waals surface area contributed by atoms with Gasteiger partial charge in [0.1, 0.15) is 5.75 Å². The molecule has 3 aliphatic rings. The molecule has 2 aromatic carbocycles. The second-order valence-electron chi connectivity index (χ2n) is 11.5. The molecule has 2 aromatic rings. The number of nitro benzene ring substituents is 1. The topological polar surface area (TPSA) is 130 Å². The molecule has 0 unspecified atom stereocenters. The Morgan fingerprint density at radius 2 is 1.88 bits per heavy atom. The van der Waals surface area contributed by atoms with E-state index in [1.807, 2.05) is 39.8 Å². The number of phenolic OH excluding ortho intramolecular Hbond substituents is 1. The van der Waals surface area contributed by atoms with Crippen LogP contribution in [0.5, 0.6) is 5.75 Å². The van der Waals surface area contributed by atoms with Crippen LogP contribution < -0.4 is 4.90 Å². The highest BCUT2D eigenvalue weighted by atomic mass is 16.6. The van der Waals surface area contributed by atoms with Gasteiger partial charge in [-0.3, -0.25) is 19.7 Å². The van der Waals surface area contributed by atoms with Crippen LogP contribution in [-0.4, -0.2) is 40.1 Å². The molecule has 2 amide bonds. The Bertz CT molecular complexity index is 1460. The molecule has 0 bridgehead atoms. The number of rotatable bonds is 7. The number of anilines is 1. The molecule has 2 aliphatic heterocycles. The highest BCUT2D eigenvalue weighted by Crippen LogP contribution is 2.52. The molecule has 41 heavy (non-hydrogen) atoms. The normalized spacial score (nSPS) is 24.6. The summed E-state index contributed by atoms with van der Waals surface area (Å²) in [6, 6.07) is 9.49. The number of hydrogen-bond donors (Lipinski definition) is 2. The highest BCUT2D eigenvalue weighted by Gasteiger charge is 2.57. The summed E-state index contributed by atoms with van der Waals surface area (Å²) in [4.78, 5) is 39.3. The van der Waals surface area contributed by atoms with E-state index in [-0.39, 0.29) is 41.5 Å². The molecular weight excluding hydrogens is 523 g/mol. The molecular formula is C31H35BN2O7. The Labute approximate surface area is 239 Å². The predicted octanol–water partition coefficient (Wildman–Crippen LogP) is 5.51.